The summed E-state index contributed by atoms with van der Waals surface area (Å²) in [6.07, 6.45) is 1.35. The van der Waals surface area contributed by atoms with E-state index in [0.29, 0.717) is 5.56 Å². The molecule has 2 fully saturated rings. The smallest absolute Gasteiger partial charge is 0.497 e. The van der Waals surface area contributed by atoms with Crippen molar-refractivity contribution in [1.29, 1.82) is 0 Å². The Bertz CT molecular complexity index is 911. The summed E-state index contributed by atoms with van der Waals surface area (Å²) in [5.74, 6) is -3.07. The van der Waals surface area contributed by atoms with Crippen molar-refractivity contribution in [1.82, 2.24) is 0 Å². The van der Waals surface area contributed by atoms with E-state index in [-0.39, 0.29) is 35.7 Å². The Morgan fingerprint density at radius 2 is 1.76 bits per heavy atom. The third-order valence-corrected chi connectivity index (χ3v) is 9.05. The Hall–Kier alpha value is -1.16. The number of carbonyl (C=O) groups is 1. The molecule has 1 aromatic carbocycles. The van der Waals surface area contributed by atoms with E-state index in [2.05, 4.69) is 0 Å². The summed E-state index contributed by atoms with van der Waals surface area (Å²) in [6.45, 7) is 14.7. The summed E-state index contributed by atoms with van der Waals surface area (Å²) < 4.78 is 61.6. The largest absolute Gasteiger partial charge is 0.616 e. The summed E-state index contributed by atoms with van der Waals surface area (Å²) >= 11 is -1.44. The lowest BCUT2D eigenvalue weighted by Gasteiger charge is -2.32. The van der Waals surface area contributed by atoms with E-state index >= 15 is 8.78 Å². The van der Waals surface area contributed by atoms with Crippen LogP contribution in [0.1, 0.15) is 97.6 Å². The van der Waals surface area contributed by atoms with E-state index in [1.54, 1.807) is 27.7 Å². The van der Waals surface area contributed by atoms with E-state index < -0.39 is 57.8 Å². The highest BCUT2D eigenvalue weighted by Crippen LogP contribution is 2.44. The second-order valence-corrected chi connectivity index (χ2v) is 13.5. The van der Waals surface area contributed by atoms with E-state index in [9.17, 15) is 9.35 Å². The van der Waals surface area contributed by atoms with E-state index in [1.807, 2.05) is 27.7 Å². The van der Waals surface area contributed by atoms with Gasteiger partial charge in [0, 0.05) is 16.9 Å². The Morgan fingerprint density at radius 1 is 1.21 bits per heavy atom. The number of carbonyl (C=O) groups excluding carboxylic acids is 1. The molecule has 1 aliphatic carbocycles. The molecule has 0 unspecified atom stereocenters. The maximum atomic E-state index is 16.1. The van der Waals surface area contributed by atoms with Gasteiger partial charge in [-0.15, -0.1) is 0 Å². The highest BCUT2D eigenvalue weighted by Gasteiger charge is 2.53. The number of hydrogen-bond acceptors (Lipinski definition) is 5. The molecule has 0 N–H and O–H groups in total. The van der Waals surface area contributed by atoms with Crippen molar-refractivity contribution in [2.45, 2.75) is 102 Å². The van der Waals surface area contributed by atoms with E-state index in [1.165, 1.54) is 6.07 Å². The van der Waals surface area contributed by atoms with Gasteiger partial charge in [-0.2, -0.15) is 0 Å². The first kappa shape index (κ1) is 27.4. The number of esters is 1. The number of hydrogen-bond donors (Lipinski definition) is 0. The molecule has 5 nitrogen and oxygen atoms in total. The molecule has 34 heavy (non-hydrogen) atoms. The quantitative estimate of drug-likeness (QED) is 0.295. The standard InChI is InChI=1S/C25H37BF2O5S/c1-9-31-19(29)12-16(14-34(30)23(2,3)4)20-21(27)17(15-10-11-15)13-18(22(20)28)26-32-24(5,6)25(7,8)33-26/h13,15-16H,9-12,14H2,1-8H3/t16-,34+/m1/s1. The molecule has 1 aliphatic heterocycles. The van der Waals surface area contributed by atoms with Crippen LogP contribution in [-0.2, 0) is 30.0 Å². The lowest BCUT2D eigenvalue weighted by molar-refractivity contribution is -0.143. The molecule has 0 bridgehead atoms. The fraction of sp³-hybridized carbons (Fsp3) is 0.720. The third kappa shape index (κ3) is 5.63. The molecule has 1 aromatic rings. The average Bonchev–Trinajstić information content (AvgIpc) is 3.48. The summed E-state index contributed by atoms with van der Waals surface area (Å²) in [6, 6.07) is 1.51. The minimum Gasteiger partial charge on any atom is -0.616 e. The molecule has 0 amide bonds. The number of ether oxygens (including phenoxy) is 1. The summed E-state index contributed by atoms with van der Waals surface area (Å²) in [5, 5.41) is 0. The van der Waals surface area contributed by atoms with Crippen LogP contribution in [0.4, 0.5) is 8.78 Å². The van der Waals surface area contributed by atoms with Crippen LogP contribution in [0, 0.1) is 11.6 Å². The summed E-state index contributed by atoms with van der Waals surface area (Å²) in [7, 11) is -1.02. The molecule has 1 saturated carbocycles. The predicted octanol–water partition coefficient (Wildman–Crippen LogP) is 4.73. The van der Waals surface area contributed by atoms with Gasteiger partial charge in [-0.25, -0.2) is 8.78 Å². The molecule has 0 radical (unpaired) electrons. The van der Waals surface area contributed by atoms with Crippen molar-refractivity contribution in [3.63, 3.8) is 0 Å². The molecule has 9 heteroatoms. The minimum atomic E-state index is -1.44. The zero-order chi connectivity index (χ0) is 25.6. The molecular weight excluding hydrogens is 461 g/mol. The normalized spacial score (nSPS) is 21.4. The van der Waals surface area contributed by atoms with Crippen molar-refractivity contribution in [2.24, 2.45) is 0 Å². The first-order valence-corrected chi connectivity index (χ1v) is 13.3. The SMILES string of the molecule is CCOC(=O)C[C@H](C[S@+]([O-])C(C)(C)C)c1c(F)c(B2OC(C)(C)C(C)(C)O2)cc(C2CC2)c1F. The van der Waals surface area contributed by atoms with Crippen molar-refractivity contribution in [2.75, 3.05) is 12.4 Å². The van der Waals surface area contributed by atoms with Gasteiger partial charge in [0.1, 0.15) is 22.1 Å². The molecule has 190 valence electrons. The lowest BCUT2D eigenvalue weighted by Crippen LogP contribution is -2.41. The molecule has 0 spiro atoms. The van der Waals surface area contributed by atoms with Gasteiger partial charge in [0.25, 0.3) is 0 Å². The monoisotopic (exact) mass is 498 g/mol. The maximum Gasteiger partial charge on any atom is 0.497 e. The van der Waals surface area contributed by atoms with Gasteiger partial charge < -0.3 is 18.6 Å². The van der Waals surface area contributed by atoms with Gasteiger partial charge >= 0.3 is 13.1 Å². The number of rotatable bonds is 8. The van der Waals surface area contributed by atoms with Crippen LogP contribution < -0.4 is 5.46 Å². The van der Waals surface area contributed by atoms with Gasteiger partial charge in [-0.1, -0.05) is 6.07 Å². The van der Waals surface area contributed by atoms with Gasteiger partial charge in [0.15, 0.2) is 0 Å². The zero-order valence-electron chi connectivity index (χ0n) is 21.6. The zero-order valence-corrected chi connectivity index (χ0v) is 22.4. The Labute approximate surface area is 205 Å². The molecule has 1 heterocycles. The first-order chi connectivity index (χ1) is 15.6. The Morgan fingerprint density at radius 3 is 2.24 bits per heavy atom. The van der Waals surface area contributed by atoms with Crippen molar-refractivity contribution in [3.8, 4) is 0 Å². The van der Waals surface area contributed by atoms with Crippen LogP contribution in [-0.4, -0.2) is 45.9 Å². The van der Waals surface area contributed by atoms with Crippen LogP contribution in [0.3, 0.4) is 0 Å². The maximum absolute atomic E-state index is 16.1. The van der Waals surface area contributed by atoms with Crippen LogP contribution in [0.25, 0.3) is 0 Å². The topological polar surface area (TPSA) is 67.8 Å². The second kappa shape index (κ2) is 9.71. The summed E-state index contributed by atoms with van der Waals surface area (Å²) in [5.41, 5.74) is -1.10. The minimum absolute atomic E-state index is 0.0168. The number of benzene rings is 1. The molecule has 2 atom stereocenters. The number of halogens is 2. The van der Waals surface area contributed by atoms with Crippen molar-refractivity contribution >= 4 is 29.7 Å². The summed E-state index contributed by atoms with van der Waals surface area (Å²) in [4.78, 5) is 12.4. The van der Waals surface area contributed by atoms with Crippen LogP contribution >= 0.6 is 0 Å². The Kier molecular flexibility index (Phi) is 7.84. The molecular formula is C25H37BF2O5S. The highest BCUT2D eigenvalue weighted by atomic mass is 32.2. The fourth-order valence-corrected chi connectivity index (χ4v) is 5.14. The fourth-order valence-electron chi connectivity index (χ4n) is 3.99. The van der Waals surface area contributed by atoms with Crippen molar-refractivity contribution in [3.05, 3.63) is 28.8 Å². The molecule has 1 saturated heterocycles. The van der Waals surface area contributed by atoms with E-state index in [0.717, 1.165) is 12.8 Å². The van der Waals surface area contributed by atoms with Gasteiger partial charge in [0.05, 0.1) is 24.2 Å². The van der Waals surface area contributed by atoms with E-state index in [4.69, 9.17) is 14.0 Å². The lowest BCUT2D eigenvalue weighted by atomic mass is 9.74. The molecule has 0 aromatic heterocycles. The third-order valence-electron chi connectivity index (χ3n) is 6.98. The van der Waals surface area contributed by atoms with Crippen LogP contribution in [0.15, 0.2) is 6.07 Å². The highest BCUT2D eigenvalue weighted by molar-refractivity contribution is 7.92. The average molecular weight is 498 g/mol. The first-order valence-electron chi connectivity index (χ1n) is 12.0. The Balaban J connectivity index is 2.12. The molecule has 3 rings (SSSR count). The van der Waals surface area contributed by atoms with Gasteiger partial charge in [-0.05, 0) is 90.9 Å². The van der Waals surface area contributed by atoms with Crippen LogP contribution in [0.5, 0.6) is 0 Å². The second-order valence-electron chi connectivity index (χ2n) is 11.3. The predicted molar refractivity (Wildman–Crippen MR) is 131 cm³/mol. The van der Waals surface area contributed by atoms with Gasteiger partial charge in [-0.3, -0.25) is 4.79 Å². The van der Waals surface area contributed by atoms with Crippen LogP contribution in [0.2, 0.25) is 0 Å². The molecule has 2 aliphatic rings. The van der Waals surface area contributed by atoms with Crippen molar-refractivity contribution < 1.29 is 32.2 Å². The van der Waals surface area contributed by atoms with Gasteiger partial charge in [0.2, 0.25) is 0 Å².